The number of nitrogens with zero attached hydrogens (tertiary/aromatic N) is 2. The molecule has 6 heteroatoms. The lowest BCUT2D eigenvalue weighted by Crippen LogP contribution is -2.39. The molecule has 1 aliphatic rings. The number of nitrogens with one attached hydrogen (secondary N) is 1. The molecule has 0 spiro atoms. The Balaban J connectivity index is 1.88. The highest BCUT2D eigenvalue weighted by Gasteiger charge is 2.37. The molecule has 0 atom stereocenters. The Morgan fingerprint density at radius 1 is 1.21 bits per heavy atom. The molecule has 2 aromatic rings. The molecule has 1 aliphatic heterocycles. The van der Waals surface area contributed by atoms with Crippen molar-refractivity contribution in [2.24, 2.45) is 0 Å². The third-order valence-corrected chi connectivity index (χ3v) is 3.61. The summed E-state index contributed by atoms with van der Waals surface area (Å²) in [6.45, 7) is 1.49. The lowest BCUT2D eigenvalue weighted by Gasteiger charge is -2.28. The van der Waals surface area contributed by atoms with E-state index in [0.717, 1.165) is 18.7 Å². The van der Waals surface area contributed by atoms with E-state index in [4.69, 9.17) is 16.1 Å². The topological polar surface area (TPSA) is 71.2 Å². The van der Waals surface area contributed by atoms with Gasteiger partial charge in [-0.3, -0.25) is 0 Å². The van der Waals surface area contributed by atoms with E-state index in [1.54, 1.807) is 12.1 Å². The van der Waals surface area contributed by atoms with E-state index < -0.39 is 5.60 Å². The molecule has 19 heavy (non-hydrogen) atoms. The summed E-state index contributed by atoms with van der Waals surface area (Å²) >= 11 is 5.84. The van der Waals surface area contributed by atoms with E-state index in [1.165, 1.54) is 0 Å². The van der Waals surface area contributed by atoms with Gasteiger partial charge in [-0.15, -0.1) is 0 Å². The van der Waals surface area contributed by atoms with Gasteiger partial charge in [0.15, 0.2) is 0 Å². The van der Waals surface area contributed by atoms with Crippen LogP contribution in [0.4, 0.5) is 0 Å². The first-order valence-electron chi connectivity index (χ1n) is 6.21. The zero-order chi connectivity index (χ0) is 13.3. The fraction of sp³-hybridized carbons (Fsp3) is 0.385. The normalized spacial score (nSPS) is 18.4. The van der Waals surface area contributed by atoms with E-state index in [-0.39, 0.29) is 0 Å². The molecule has 1 saturated heterocycles. The van der Waals surface area contributed by atoms with E-state index in [9.17, 15) is 5.11 Å². The number of hydrogen-bond donors (Lipinski definition) is 2. The van der Waals surface area contributed by atoms with Crippen molar-refractivity contribution >= 4 is 11.6 Å². The predicted molar refractivity (Wildman–Crippen MR) is 70.7 cm³/mol. The maximum absolute atomic E-state index is 10.5. The average Bonchev–Trinajstić information content (AvgIpc) is 2.91. The molecule has 3 rings (SSSR count). The van der Waals surface area contributed by atoms with Gasteiger partial charge in [-0.1, -0.05) is 16.8 Å². The molecule has 0 unspecified atom stereocenters. The first-order chi connectivity index (χ1) is 9.17. The van der Waals surface area contributed by atoms with Gasteiger partial charge in [0.2, 0.25) is 5.82 Å². The lowest BCUT2D eigenvalue weighted by molar-refractivity contribution is -0.0228. The van der Waals surface area contributed by atoms with Crippen molar-refractivity contribution in [2.45, 2.75) is 18.4 Å². The van der Waals surface area contributed by atoms with E-state index in [0.29, 0.717) is 29.6 Å². The number of piperidine rings is 1. The van der Waals surface area contributed by atoms with E-state index >= 15 is 0 Å². The van der Waals surface area contributed by atoms with Crippen molar-refractivity contribution in [3.05, 3.63) is 35.2 Å². The van der Waals surface area contributed by atoms with Crippen molar-refractivity contribution in [3.8, 4) is 11.4 Å². The van der Waals surface area contributed by atoms with Crippen LogP contribution in [0.15, 0.2) is 28.8 Å². The van der Waals surface area contributed by atoms with Crippen molar-refractivity contribution < 1.29 is 9.63 Å². The van der Waals surface area contributed by atoms with Gasteiger partial charge < -0.3 is 14.9 Å². The Morgan fingerprint density at radius 2 is 1.89 bits per heavy atom. The summed E-state index contributed by atoms with van der Waals surface area (Å²) in [5.41, 5.74) is -0.194. The van der Waals surface area contributed by atoms with Crippen LogP contribution in [0.3, 0.4) is 0 Å². The number of benzene rings is 1. The molecular weight excluding hydrogens is 266 g/mol. The molecule has 1 fully saturated rings. The zero-order valence-electron chi connectivity index (χ0n) is 10.3. The molecule has 5 nitrogen and oxygen atoms in total. The highest BCUT2D eigenvalue weighted by atomic mass is 35.5. The van der Waals surface area contributed by atoms with Gasteiger partial charge in [0.1, 0.15) is 5.60 Å². The van der Waals surface area contributed by atoms with Crippen LogP contribution in [0.25, 0.3) is 11.4 Å². The largest absolute Gasteiger partial charge is 0.380 e. The molecule has 2 heterocycles. The van der Waals surface area contributed by atoms with Gasteiger partial charge in [-0.2, -0.15) is 4.98 Å². The summed E-state index contributed by atoms with van der Waals surface area (Å²) in [5, 5.41) is 18.3. The van der Waals surface area contributed by atoms with Crippen molar-refractivity contribution in [3.63, 3.8) is 0 Å². The average molecular weight is 280 g/mol. The van der Waals surface area contributed by atoms with Crippen molar-refractivity contribution in [1.82, 2.24) is 15.5 Å². The first-order valence-corrected chi connectivity index (χ1v) is 6.58. The molecule has 0 amide bonds. The van der Waals surface area contributed by atoms with Gasteiger partial charge in [0.25, 0.3) is 5.89 Å². The monoisotopic (exact) mass is 279 g/mol. The number of aliphatic hydroxyl groups is 1. The maximum atomic E-state index is 10.5. The van der Waals surface area contributed by atoms with Crippen LogP contribution in [-0.2, 0) is 5.60 Å². The summed E-state index contributed by atoms with van der Waals surface area (Å²) < 4.78 is 5.22. The summed E-state index contributed by atoms with van der Waals surface area (Å²) in [4.78, 5) is 4.31. The number of aromatic nitrogens is 2. The van der Waals surface area contributed by atoms with Crippen molar-refractivity contribution in [2.75, 3.05) is 13.1 Å². The van der Waals surface area contributed by atoms with Crippen LogP contribution in [-0.4, -0.2) is 28.3 Å². The summed E-state index contributed by atoms with van der Waals surface area (Å²) in [5.74, 6) is 0.762. The van der Waals surface area contributed by atoms with Gasteiger partial charge in [-0.05, 0) is 50.2 Å². The Hall–Kier alpha value is -1.43. The molecule has 100 valence electrons. The third kappa shape index (κ3) is 2.49. The van der Waals surface area contributed by atoms with Crippen LogP contribution >= 0.6 is 11.6 Å². The Morgan fingerprint density at radius 3 is 2.58 bits per heavy atom. The standard InChI is InChI=1S/C13H14ClN3O2/c14-10-3-1-9(2-4-10)11-16-12(19-17-11)13(18)5-7-15-8-6-13/h1-4,15,18H,5-8H2. The Bertz CT molecular complexity index is 562. The maximum Gasteiger partial charge on any atom is 0.259 e. The first kappa shape index (κ1) is 12.6. The number of halogens is 1. The molecule has 2 N–H and O–H groups in total. The molecule has 1 aromatic heterocycles. The van der Waals surface area contributed by atoms with E-state index in [1.807, 2.05) is 12.1 Å². The second-order valence-corrected chi connectivity index (χ2v) is 5.15. The highest BCUT2D eigenvalue weighted by molar-refractivity contribution is 6.30. The van der Waals surface area contributed by atoms with E-state index in [2.05, 4.69) is 15.5 Å². The third-order valence-electron chi connectivity index (χ3n) is 3.36. The highest BCUT2D eigenvalue weighted by Crippen LogP contribution is 2.30. The van der Waals surface area contributed by atoms with Gasteiger partial charge in [0, 0.05) is 10.6 Å². The summed E-state index contributed by atoms with van der Waals surface area (Å²) in [7, 11) is 0. The molecule has 0 saturated carbocycles. The smallest absolute Gasteiger partial charge is 0.259 e. The fourth-order valence-corrected chi connectivity index (χ4v) is 2.31. The molecule has 0 radical (unpaired) electrons. The number of hydrogen-bond acceptors (Lipinski definition) is 5. The second kappa shape index (κ2) is 4.92. The van der Waals surface area contributed by atoms with Crippen LogP contribution in [0, 0.1) is 0 Å². The van der Waals surface area contributed by atoms with Gasteiger partial charge >= 0.3 is 0 Å². The zero-order valence-corrected chi connectivity index (χ0v) is 11.0. The predicted octanol–water partition coefficient (Wildman–Crippen LogP) is 1.96. The quantitative estimate of drug-likeness (QED) is 0.879. The molecule has 1 aromatic carbocycles. The summed E-state index contributed by atoms with van der Waals surface area (Å²) in [6.07, 6.45) is 1.16. The fourth-order valence-electron chi connectivity index (χ4n) is 2.18. The SMILES string of the molecule is OC1(c2nc(-c3ccc(Cl)cc3)no2)CCNCC1. The molecular formula is C13H14ClN3O2. The Kier molecular flexibility index (Phi) is 3.26. The molecule has 0 bridgehead atoms. The van der Waals surface area contributed by atoms with Crippen LogP contribution < -0.4 is 5.32 Å². The van der Waals surface area contributed by atoms with Crippen molar-refractivity contribution in [1.29, 1.82) is 0 Å². The minimum absolute atomic E-state index is 0.291. The summed E-state index contributed by atoms with van der Waals surface area (Å²) in [6, 6.07) is 7.19. The minimum Gasteiger partial charge on any atom is -0.380 e. The lowest BCUT2D eigenvalue weighted by atomic mass is 9.92. The number of rotatable bonds is 2. The minimum atomic E-state index is -1.01. The van der Waals surface area contributed by atoms with Gasteiger partial charge in [-0.25, -0.2) is 0 Å². The van der Waals surface area contributed by atoms with Crippen LogP contribution in [0.2, 0.25) is 5.02 Å². The second-order valence-electron chi connectivity index (χ2n) is 4.71. The van der Waals surface area contributed by atoms with Crippen LogP contribution in [0.5, 0.6) is 0 Å². The Labute approximate surface area is 115 Å². The van der Waals surface area contributed by atoms with Crippen LogP contribution in [0.1, 0.15) is 18.7 Å². The van der Waals surface area contributed by atoms with Gasteiger partial charge in [0.05, 0.1) is 0 Å². The molecule has 0 aliphatic carbocycles.